The van der Waals surface area contributed by atoms with E-state index in [0.717, 1.165) is 21.9 Å². The Morgan fingerprint density at radius 1 is 1.24 bits per heavy atom. The average molecular weight is 376 g/mol. The summed E-state index contributed by atoms with van der Waals surface area (Å²) >= 11 is 7.26. The molecule has 0 spiro atoms. The average Bonchev–Trinajstić information content (AvgIpc) is 2.98. The first-order valence-corrected chi connectivity index (χ1v) is 9.16. The summed E-state index contributed by atoms with van der Waals surface area (Å²) in [7, 11) is 1.67. The van der Waals surface area contributed by atoms with Crippen molar-refractivity contribution < 1.29 is 9.53 Å². The second kappa shape index (κ2) is 8.38. The Labute approximate surface area is 155 Å². The highest BCUT2D eigenvalue weighted by atomic mass is 35.5. The molecule has 0 saturated heterocycles. The topological polar surface area (TPSA) is 56.1 Å². The molecule has 0 radical (unpaired) electrons. The van der Waals surface area contributed by atoms with E-state index in [1.807, 2.05) is 24.3 Å². The standard InChI is InChI=1S/C18H18ClN3O2S/c1-24-11-10-22-16-5-3-2-4-15(16)21-18(22)25-12-17(23)20-14-8-6-13(19)7-9-14/h2-9H,10-12H2,1H3,(H,20,23). The van der Waals surface area contributed by atoms with E-state index in [-0.39, 0.29) is 11.7 Å². The van der Waals surface area contributed by atoms with Crippen molar-refractivity contribution in [3.63, 3.8) is 0 Å². The van der Waals surface area contributed by atoms with Crippen LogP contribution in [0.5, 0.6) is 0 Å². The molecule has 0 bridgehead atoms. The number of ether oxygens (including phenoxy) is 1. The number of halogens is 1. The van der Waals surface area contributed by atoms with Crippen molar-refractivity contribution in [2.45, 2.75) is 11.7 Å². The number of hydrogen-bond donors (Lipinski definition) is 1. The molecule has 1 aromatic heterocycles. The number of benzene rings is 2. The first-order valence-electron chi connectivity index (χ1n) is 7.80. The number of carbonyl (C=O) groups excluding carboxylic acids is 1. The number of carbonyl (C=O) groups is 1. The highest BCUT2D eigenvalue weighted by Crippen LogP contribution is 2.24. The van der Waals surface area contributed by atoms with Gasteiger partial charge in [-0.15, -0.1) is 0 Å². The summed E-state index contributed by atoms with van der Waals surface area (Å²) in [4.78, 5) is 16.8. The van der Waals surface area contributed by atoms with Crippen LogP contribution in [0, 0.1) is 0 Å². The van der Waals surface area contributed by atoms with Crippen LogP contribution in [0.2, 0.25) is 5.02 Å². The van der Waals surface area contributed by atoms with Crippen LogP contribution < -0.4 is 5.32 Å². The highest BCUT2D eigenvalue weighted by Gasteiger charge is 2.13. The van der Waals surface area contributed by atoms with Gasteiger partial charge in [0.15, 0.2) is 5.16 Å². The summed E-state index contributed by atoms with van der Waals surface area (Å²) in [5, 5.41) is 4.30. The Hall–Kier alpha value is -2.02. The van der Waals surface area contributed by atoms with Gasteiger partial charge in [0.2, 0.25) is 5.91 Å². The number of anilines is 1. The first-order chi connectivity index (χ1) is 12.2. The third-order valence-electron chi connectivity index (χ3n) is 3.60. The first kappa shape index (κ1) is 17.8. The summed E-state index contributed by atoms with van der Waals surface area (Å²) in [5.41, 5.74) is 2.68. The van der Waals surface area contributed by atoms with Gasteiger partial charge in [-0.3, -0.25) is 4.79 Å². The van der Waals surface area contributed by atoms with Gasteiger partial charge in [-0.2, -0.15) is 0 Å². The van der Waals surface area contributed by atoms with Crippen LogP contribution in [0.1, 0.15) is 0 Å². The van der Waals surface area contributed by atoms with Crippen molar-refractivity contribution in [1.29, 1.82) is 0 Å². The second-order valence-electron chi connectivity index (χ2n) is 5.37. The molecule has 2 aromatic carbocycles. The van der Waals surface area contributed by atoms with Crippen LogP contribution in [0.15, 0.2) is 53.7 Å². The Morgan fingerprint density at radius 2 is 2.00 bits per heavy atom. The molecule has 3 rings (SSSR count). The highest BCUT2D eigenvalue weighted by molar-refractivity contribution is 7.99. The van der Waals surface area contributed by atoms with E-state index >= 15 is 0 Å². The predicted molar refractivity (Wildman–Crippen MR) is 102 cm³/mol. The Kier molecular flexibility index (Phi) is 5.96. The molecular formula is C18H18ClN3O2S. The smallest absolute Gasteiger partial charge is 0.234 e. The number of rotatable bonds is 7. The van der Waals surface area contributed by atoms with E-state index < -0.39 is 0 Å². The minimum atomic E-state index is -0.0855. The number of fused-ring (bicyclic) bond motifs is 1. The molecule has 3 aromatic rings. The lowest BCUT2D eigenvalue weighted by Crippen LogP contribution is -2.15. The number of para-hydroxylation sites is 2. The van der Waals surface area contributed by atoms with Gasteiger partial charge in [0, 0.05) is 24.4 Å². The number of amides is 1. The van der Waals surface area contributed by atoms with Gasteiger partial charge in [-0.25, -0.2) is 4.98 Å². The van der Waals surface area contributed by atoms with Crippen LogP contribution in [0.3, 0.4) is 0 Å². The zero-order chi connectivity index (χ0) is 17.6. The van der Waals surface area contributed by atoms with Crippen LogP contribution in [0.25, 0.3) is 11.0 Å². The molecular weight excluding hydrogens is 358 g/mol. The van der Waals surface area contributed by atoms with Crippen molar-refractivity contribution in [3.05, 3.63) is 53.6 Å². The summed E-state index contributed by atoms with van der Waals surface area (Å²) in [5.74, 6) is 0.191. The fourth-order valence-corrected chi connectivity index (χ4v) is 3.39. The molecule has 1 heterocycles. The maximum atomic E-state index is 12.2. The maximum Gasteiger partial charge on any atom is 0.234 e. The van der Waals surface area contributed by atoms with Crippen LogP contribution in [0.4, 0.5) is 5.69 Å². The maximum absolute atomic E-state index is 12.2. The number of nitrogens with one attached hydrogen (secondary N) is 1. The second-order valence-corrected chi connectivity index (χ2v) is 6.75. The number of aromatic nitrogens is 2. The number of nitrogens with zero attached hydrogens (tertiary/aromatic N) is 2. The molecule has 0 aliphatic rings. The summed E-state index contributed by atoms with van der Waals surface area (Å²) in [6.45, 7) is 1.28. The molecule has 7 heteroatoms. The van der Waals surface area contributed by atoms with Gasteiger partial charge in [-0.05, 0) is 36.4 Å². The van der Waals surface area contributed by atoms with E-state index in [1.165, 1.54) is 11.8 Å². The molecule has 0 saturated carbocycles. The summed E-state index contributed by atoms with van der Waals surface area (Å²) in [6.07, 6.45) is 0. The minimum Gasteiger partial charge on any atom is -0.383 e. The zero-order valence-corrected chi connectivity index (χ0v) is 15.3. The molecule has 0 atom stereocenters. The summed E-state index contributed by atoms with van der Waals surface area (Å²) in [6, 6.07) is 15.0. The number of thioether (sulfide) groups is 1. The van der Waals surface area contributed by atoms with Crippen molar-refractivity contribution in [3.8, 4) is 0 Å². The molecule has 0 unspecified atom stereocenters. The Balaban J connectivity index is 1.69. The lowest BCUT2D eigenvalue weighted by atomic mass is 10.3. The largest absolute Gasteiger partial charge is 0.383 e. The quantitative estimate of drug-likeness (QED) is 0.632. The molecule has 1 amide bonds. The van der Waals surface area contributed by atoms with Gasteiger partial charge < -0.3 is 14.6 Å². The van der Waals surface area contributed by atoms with E-state index in [2.05, 4.69) is 14.9 Å². The number of methoxy groups -OCH3 is 1. The van der Waals surface area contributed by atoms with E-state index in [9.17, 15) is 4.79 Å². The van der Waals surface area contributed by atoms with E-state index in [0.29, 0.717) is 18.2 Å². The van der Waals surface area contributed by atoms with Crippen molar-refractivity contribution in [1.82, 2.24) is 9.55 Å². The molecule has 0 fully saturated rings. The Bertz CT molecular complexity index is 864. The number of imidazole rings is 1. The van der Waals surface area contributed by atoms with E-state index in [4.69, 9.17) is 16.3 Å². The van der Waals surface area contributed by atoms with Gasteiger partial charge in [0.25, 0.3) is 0 Å². The lowest BCUT2D eigenvalue weighted by molar-refractivity contribution is -0.113. The molecule has 25 heavy (non-hydrogen) atoms. The van der Waals surface area contributed by atoms with Gasteiger partial charge in [-0.1, -0.05) is 35.5 Å². The molecule has 5 nitrogen and oxygen atoms in total. The Morgan fingerprint density at radius 3 is 2.76 bits per heavy atom. The van der Waals surface area contributed by atoms with Crippen molar-refractivity contribution >= 4 is 46.0 Å². The fraction of sp³-hybridized carbons (Fsp3) is 0.222. The van der Waals surface area contributed by atoms with Gasteiger partial charge in [0.05, 0.1) is 23.4 Å². The van der Waals surface area contributed by atoms with Crippen LogP contribution >= 0.6 is 23.4 Å². The monoisotopic (exact) mass is 375 g/mol. The van der Waals surface area contributed by atoms with Crippen molar-refractivity contribution in [2.75, 3.05) is 24.8 Å². The third-order valence-corrected chi connectivity index (χ3v) is 4.83. The predicted octanol–water partition coefficient (Wildman–Crippen LogP) is 4.07. The fourth-order valence-electron chi connectivity index (χ4n) is 2.42. The molecule has 0 aliphatic carbocycles. The molecule has 130 valence electrons. The van der Waals surface area contributed by atoms with Gasteiger partial charge >= 0.3 is 0 Å². The normalized spacial score (nSPS) is 11.0. The van der Waals surface area contributed by atoms with E-state index in [1.54, 1.807) is 31.4 Å². The lowest BCUT2D eigenvalue weighted by Gasteiger charge is -2.08. The molecule has 0 aliphatic heterocycles. The minimum absolute atomic E-state index is 0.0855. The van der Waals surface area contributed by atoms with Crippen molar-refractivity contribution in [2.24, 2.45) is 0 Å². The summed E-state index contributed by atoms with van der Waals surface area (Å²) < 4.78 is 7.27. The zero-order valence-electron chi connectivity index (χ0n) is 13.7. The SMILES string of the molecule is COCCn1c(SCC(=O)Nc2ccc(Cl)cc2)nc2ccccc21. The number of hydrogen-bond acceptors (Lipinski definition) is 4. The molecule has 1 N–H and O–H groups in total. The van der Waals surface area contributed by atoms with Crippen LogP contribution in [-0.4, -0.2) is 34.9 Å². The third kappa shape index (κ3) is 4.54. The van der Waals surface area contributed by atoms with Gasteiger partial charge in [0.1, 0.15) is 0 Å². The van der Waals surface area contributed by atoms with Crippen LogP contribution in [-0.2, 0) is 16.1 Å².